The summed E-state index contributed by atoms with van der Waals surface area (Å²) in [4.78, 5) is 26.4. The lowest BCUT2D eigenvalue weighted by atomic mass is 10.0. The smallest absolute Gasteiger partial charge is 0.350 e. The number of allylic oxidation sites excluding steroid dienone is 1. The number of alkyl halides is 3. The van der Waals surface area contributed by atoms with E-state index in [1.54, 1.807) is 18.2 Å². The van der Waals surface area contributed by atoms with Crippen LogP contribution in [0.4, 0.5) is 18.9 Å². The highest BCUT2D eigenvalue weighted by atomic mass is 19.4. The number of carbonyl (C=O) groups excluding carboxylic acids is 2. The minimum Gasteiger partial charge on any atom is -0.350 e. The first-order valence-corrected chi connectivity index (χ1v) is 10.0. The van der Waals surface area contributed by atoms with Crippen molar-refractivity contribution in [2.24, 2.45) is 0 Å². The van der Waals surface area contributed by atoms with E-state index in [-0.39, 0.29) is 24.1 Å². The number of likely N-dealkylation sites (tertiary alicyclic amines) is 1. The lowest BCUT2D eigenvalue weighted by Crippen LogP contribution is -2.46. The van der Waals surface area contributed by atoms with Gasteiger partial charge in [0, 0.05) is 30.9 Å². The third-order valence-electron chi connectivity index (χ3n) is 5.02. The third-order valence-corrected chi connectivity index (χ3v) is 5.02. The molecule has 0 spiro atoms. The fraction of sp³-hybridized carbons (Fsp3) is 0.304. The number of para-hydroxylation sites is 1. The largest absolute Gasteiger partial charge is 0.417 e. The molecular weight excluding hydrogens is 407 g/mol. The van der Waals surface area contributed by atoms with E-state index in [1.165, 1.54) is 24.3 Å². The number of anilines is 1. The van der Waals surface area contributed by atoms with E-state index >= 15 is 0 Å². The molecule has 0 bridgehead atoms. The lowest BCUT2D eigenvalue weighted by molar-refractivity contribution is -0.119. The monoisotopic (exact) mass is 431 g/mol. The van der Waals surface area contributed by atoms with E-state index in [0.717, 1.165) is 5.69 Å². The first kappa shape index (κ1) is 22.6. The molecule has 0 aromatic heterocycles. The minimum absolute atomic E-state index is 0.0515. The van der Waals surface area contributed by atoms with Gasteiger partial charge in [0.25, 0.3) is 0 Å². The number of hydrogen-bond donors (Lipinski definition) is 2. The molecule has 0 unspecified atom stereocenters. The van der Waals surface area contributed by atoms with Gasteiger partial charge in [0.1, 0.15) is 0 Å². The standard InChI is InChI=1S/C23H24F3N3O2/c24-23(25,26)20(17-7-3-1-4-8-17)15-21(30)27-19-11-13-29(14-12-19)16-22(31)28-18-9-5-2-6-10-18/h1-10,15,19H,11-14,16H2,(H,27,30)(H,28,31)/b20-15+. The second kappa shape index (κ2) is 10.3. The van der Waals surface area contributed by atoms with Crippen LogP contribution in [-0.2, 0) is 9.59 Å². The molecule has 1 aliphatic rings. The van der Waals surface area contributed by atoms with Gasteiger partial charge < -0.3 is 10.6 Å². The average molecular weight is 431 g/mol. The summed E-state index contributed by atoms with van der Waals surface area (Å²) in [6.07, 6.45) is -2.89. The van der Waals surface area contributed by atoms with Crippen LogP contribution in [0.1, 0.15) is 18.4 Å². The number of nitrogens with one attached hydrogen (secondary N) is 2. The second-order valence-electron chi connectivity index (χ2n) is 7.40. The maximum atomic E-state index is 13.4. The molecule has 164 valence electrons. The Kier molecular flexibility index (Phi) is 7.46. The molecule has 5 nitrogen and oxygen atoms in total. The van der Waals surface area contributed by atoms with Crippen LogP contribution >= 0.6 is 0 Å². The SMILES string of the molecule is O=C(/C=C(\c1ccccc1)C(F)(F)F)NC1CCN(CC(=O)Nc2ccccc2)CC1. The van der Waals surface area contributed by atoms with Crippen molar-refractivity contribution in [2.45, 2.75) is 25.1 Å². The van der Waals surface area contributed by atoms with Gasteiger partial charge in [-0.15, -0.1) is 0 Å². The van der Waals surface area contributed by atoms with Gasteiger partial charge in [-0.1, -0.05) is 48.5 Å². The van der Waals surface area contributed by atoms with Gasteiger partial charge in [0.2, 0.25) is 11.8 Å². The summed E-state index contributed by atoms with van der Waals surface area (Å²) in [6, 6.07) is 16.2. The zero-order chi connectivity index (χ0) is 22.3. The normalized spacial score (nSPS) is 16.0. The number of rotatable bonds is 6. The molecule has 1 heterocycles. The van der Waals surface area contributed by atoms with Crippen molar-refractivity contribution in [1.29, 1.82) is 0 Å². The van der Waals surface area contributed by atoms with E-state index in [2.05, 4.69) is 10.6 Å². The Morgan fingerprint density at radius 3 is 2.13 bits per heavy atom. The summed E-state index contributed by atoms with van der Waals surface area (Å²) in [5.74, 6) is -0.897. The summed E-state index contributed by atoms with van der Waals surface area (Å²) in [6.45, 7) is 1.37. The van der Waals surface area contributed by atoms with Crippen LogP contribution in [-0.4, -0.2) is 48.6 Å². The zero-order valence-corrected chi connectivity index (χ0v) is 16.9. The van der Waals surface area contributed by atoms with Gasteiger partial charge in [-0.25, -0.2) is 0 Å². The van der Waals surface area contributed by atoms with Crippen LogP contribution in [0.15, 0.2) is 66.7 Å². The van der Waals surface area contributed by atoms with Gasteiger partial charge >= 0.3 is 6.18 Å². The Hall–Kier alpha value is -3.13. The lowest BCUT2D eigenvalue weighted by Gasteiger charge is -2.31. The number of benzene rings is 2. The molecule has 0 radical (unpaired) electrons. The molecule has 2 aromatic carbocycles. The molecule has 2 amide bonds. The molecule has 0 atom stereocenters. The Balaban J connectivity index is 1.50. The summed E-state index contributed by atoms with van der Waals surface area (Å²) in [5, 5.41) is 5.48. The number of halogens is 3. The molecule has 1 aliphatic heterocycles. The molecule has 0 aliphatic carbocycles. The highest BCUT2D eigenvalue weighted by Gasteiger charge is 2.35. The Bertz CT molecular complexity index is 907. The van der Waals surface area contributed by atoms with Crippen LogP contribution in [0.5, 0.6) is 0 Å². The predicted octanol–water partition coefficient (Wildman–Crippen LogP) is 3.85. The maximum absolute atomic E-state index is 13.4. The highest BCUT2D eigenvalue weighted by Crippen LogP contribution is 2.33. The van der Waals surface area contributed by atoms with Gasteiger partial charge in [0.15, 0.2) is 0 Å². The Morgan fingerprint density at radius 2 is 1.55 bits per heavy atom. The van der Waals surface area contributed by atoms with E-state index in [9.17, 15) is 22.8 Å². The summed E-state index contributed by atoms with van der Waals surface area (Å²) in [5.41, 5.74) is -0.301. The Labute approximate surface area is 178 Å². The van der Waals surface area contributed by atoms with Crippen LogP contribution in [0, 0.1) is 0 Å². The first-order chi connectivity index (χ1) is 14.8. The van der Waals surface area contributed by atoms with Crippen LogP contribution in [0.2, 0.25) is 0 Å². The van der Waals surface area contributed by atoms with E-state index in [1.807, 2.05) is 23.1 Å². The van der Waals surface area contributed by atoms with E-state index in [4.69, 9.17) is 0 Å². The van der Waals surface area contributed by atoms with Crippen molar-refractivity contribution in [3.63, 3.8) is 0 Å². The van der Waals surface area contributed by atoms with Crippen molar-refractivity contribution >= 4 is 23.1 Å². The van der Waals surface area contributed by atoms with Crippen molar-refractivity contribution in [1.82, 2.24) is 10.2 Å². The van der Waals surface area contributed by atoms with Gasteiger partial charge in [-0.05, 0) is 30.5 Å². The predicted molar refractivity (Wildman–Crippen MR) is 113 cm³/mol. The fourth-order valence-electron chi connectivity index (χ4n) is 3.48. The minimum atomic E-state index is -4.63. The molecule has 8 heteroatoms. The van der Waals surface area contributed by atoms with Crippen LogP contribution < -0.4 is 10.6 Å². The number of piperidine rings is 1. The average Bonchev–Trinajstić information content (AvgIpc) is 2.74. The zero-order valence-electron chi connectivity index (χ0n) is 16.9. The third kappa shape index (κ3) is 6.96. The molecule has 2 aromatic rings. The number of nitrogens with zero attached hydrogens (tertiary/aromatic N) is 1. The summed E-state index contributed by atoms with van der Waals surface area (Å²) < 4.78 is 40.1. The molecule has 3 rings (SSSR count). The molecule has 2 N–H and O–H groups in total. The summed E-state index contributed by atoms with van der Waals surface area (Å²) in [7, 11) is 0. The van der Waals surface area contributed by atoms with Crippen LogP contribution in [0.3, 0.4) is 0 Å². The van der Waals surface area contributed by atoms with Crippen molar-refractivity contribution in [3.05, 3.63) is 72.3 Å². The number of amides is 2. The Morgan fingerprint density at radius 1 is 0.968 bits per heavy atom. The highest BCUT2D eigenvalue weighted by molar-refractivity contribution is 5.96. The molecular formula is C23H24F3N3O2. The maximum Gasteiger partial charge on any atom is 0.417 e. The van der Waals surface area contributed by atoms with Crippen molar-refractivity contribution in [2.75, 3.05) is 25.0 Å². The number of carbonyl (C=O) groups is 2. The van der Waals surface area contributed by atoms with Crippen LogP contribution in [0.25, 0.3) is 5.57 Å². The first-order valence-electron chi connectivity index (χ1n) is 10.0. The number of hydrogen-bond acceptors (Lipinski definition) is 3. The van der Waals surface area contributed by atoms with Crippen molar-refractivity contribution in [3.8, 4) is 0 Å². The quantitative estimate of drug-likeness (QED) is 0.683. The molecule has 0 saturated carbocycles. The summed E-state index contributed by atoms with van der Waals surface area (Å²) >= 11 is 0. The molecule has 1 saturated heterocycles. The van der Waals surface area contributed by atoms with Gasteiger partial charge in [-0.2, -0.15) is 13.2 Å². The fourth-order valence-corrected chi connectivity index (χ4v) is 3.48. The van der Waals surface area contributed by atoms with Gasteiger partial charge in [0.05, 0.1) is 12.1 Å². The van der Waals surface area contributed by atoms with Gasteiger partial charge in [-0.3, -0.25) is 14.5 Å². The van der Waals surface area contributed by atoms with E-state index < -0.39 is 17.7 Å². The topological polar surface area (TPSA) is 61.4 Å². The van der Waals surface area contributed by atoms with Crippen molar-refractivity contribution < 1.29 is 22.8 Å². The molecule has 1 fully saturated rings. The molecule has 31 heavy (non-hydrogen) atoms. The van der Waals surface area contributed by atoms with E-state index in [0.29, 0.717) is 32.0 Å². The second-order valence-corrected chi connectivity index (χ2v) is 7.40.